The molecule has 3 aliphatic heterocycles. The lowest BCUT2D eigenvalue weighted by Gasteiger charge is -2.54. The SMILES string of the molecule is CCC(C(=O)O)N1C2COCC1C2. The van der Waals surface area contributed by atoms with E-state index in [4.69, 9.17) is 9.84 Å². The van der Waals surface area contributed by atoms with E-state index in [1.807, 2.05) is 6.92 Å². The van der Waals surface area contributed by atoms with E-state index in [0.29, 0.717) is 31.7 Å². The average molecular weight is 185 g/mol. The largest absolute Gasteiger partial charge is 0.480 e. The minimum Gasteiger partial charge on any atom is -0.480 e. The monoisotopic (exact) mass is 185 g/mol. The van der Waals surface area contributed by atoms with Crippen molar-refractivity contribution in [3.63, 3.8) is 0 Å². The number of fused-ring (bicyclic) bond motifs is 2. The number of hydrogen-bond acceptors (Lipinski definition) is 3. The molecule has 3 heterocycles. The number of carbonyl (C=O) groups is 1. The lowest BCUT2D eigenvalue weighted by atomic mass is 9.88. The third kappa shape index (κ3) is 1.34. The standard InChI is InChI=1S/C9H15NO3/c1-2-8(9(11)12)10-6-3-7(10)5-13-4-6/h6-8H,2-5H2,1H3,(H,11,12). The molecule has 0 aromatic carbocycles. The van der Waals surface area contributed by atoms with Crippen LogP contribution < -0.4 is 0 Å². The van der Waals surface area contributed by atoms with Crippen LogP contribution in [0.15, 0.2) is 0 Å². The Balaban J connectivity index is 2.03. The summed E-state index contributed by atoms with van der Waals surface area (Å²) in [7, 11) is 0. The second kappa shape index (κ2) is 3.27. The van der Waals surface area contributed by atoms with Crippen LogP contribution in [0.2, 0.25) is 0 Å². The van der Waals surface area contributed by atoms with E-state index in [9.17, 15) is 4.79 Å². The first-order chi connectivity index (χ1) is 6.24. The maximum Gasteiger partial charge on any atom is 0.320 e. The third-order valence-electron chi connectivity index (χ3n) is 3.04. The van der Waals surface area contributed by atoms with Crippen LogP contribution in [0.4, 0.5) is 0 Å². The van der Waals surface area contributed by atoms with Crippen LogP contribution in [0.3, 0.4) is 0 Å². The number of carboxylic acid groups (broad SMARTS) is 1. The van der Waals surface area contributed by atoms with Gasteiger partial charge in [-0.2, -0.15) is 0 Å². The van der Waals surface area contributed by atoms with Gasteiger partial charge in [-0.3, -0.25) is 9.69 Å². The van der Waals surface area contributed by atoms with Gasteiger partial charge in [0.2, 0.25) is 0 Å². The van der Waals surface area contributed by atoms with Crippen molar-refractivity contribution in [3.05, 3.63) is 0 Å². The van der Waals surface area contributed by atoms with Crippen molar-refractivity contribution in [2.45, 2.75) is 37.9 Å². The third-order valence-corrected chi connectivity index (χ3v) is 3.04. The van der Waals surface area contributed by atoms with Gasteiger partial charge in [0.25, 0.3) is 0 Å². The molecule has 0 amide bonds. The number of aliphatic carboxylic acids is 1. The fraction of sp³-hybridized carbons (Fsp3) is 0.889. The summed E-state index contributed by atoms with van der Waals surface area (Å²) >= 11 is 0. The quantitative estimate of drug-likeness (QED) is 0.688. The number of nitrogens with zero attached hydrogens (tertiary/aromatic N) is 1. The van der Waals surface area contributed by atoms with Gasteiger partial charge in [-0.05, 0) is 12.8 Å². The highest BCUT2D eigenvalue weighted by atomic mass is 16.5. The van der Waals surface area contributed by atoms with Gasteiger partial charge < -0.3 is 9.84 Å². The van der Waals surface area contributed by atoms with Crippen molar-refractivity contribution in [2.75, 3.05) is 13.2 Å². The summed E-state index contributed by atoms with van der Waals surface area (Å²) in [4.78, 5) is 13.0. The minimum atomic E-state index is -0.695. The van der Waals surface area contributed by atoms with E-state index in [1.165, 1.54) is 0 Å². The predicted molar refractivity (Wildman–Crippen MR) is 46.6 cm³/mol. The number of ether oxygens (including phenoxy) is 1. The molecule has 3 aliphatic rings. The first kappa shape index (κ1) is 8.97. The van der Waals surface area contributed by atoms with E-state index in [-0.39, 0.29) is 6.04 Å². The molecule has 3 atom stereocenters. The second-order valence-electron chi connectivity index (χ2n) is 3.79. The lowest BCUT2D eigenvalue weighted by Crippen LogP contribution is -2.68. The molecule has 0 saturated carbocycles. The van der Waals surface area contributed by atoms with Crippen molar-refractivity contribution in [1.29, 1.82) is 0 Å². The van der Waals surface area contributed by atoms with Crippen LogP contribution in [0.1, 0.15) is 19.8 Å². The molecule has 0 aromatic rings. The van der Waals surface area contributed by atoms with Gasteiger partial charge in [0, 0.05) is 12.1 Å². The van der Waals surface area contributed by atoms with Crippen molar-refractivity contribution < 1.29 is 14.6 Å². The summed E-state index contributed by atoms with van der Waals surface area (Å²) in [6, 6.07) is 0.423. The molecule has 2 bridgehead atoms. The Morgan fingerprint density at radius 1 is 1.62 bits per heavy atom. The van der Waals surface area contributed by atoms with Gasteiger partial charge >= 0.3 is 5.97 Å². The molecule has 3 unspecified atom stereocenters. The Labute approximate surface area is 77.5 Å². The first-order valence-electron chi connectivity index (χ1n) is 4.82. The fourth-order valence-electron chi connectivity index (χ4n) is 2.39. The highest BCUT2D eigenvalue weighted by Crippen LogP contribution is 2.33. The van der Waals surface area contributed by atoms with E-state index < -0.39 is 5.97 Å². The van der Waals surface area contributed by atoms with Crippen molar-refractivity contribution in [2.24, 2.45) is 0 Å². The van der Waals surface area contributed by atoms with E-state index in [0.717, 1.165) is 6.42 Å². The fourth-order valence-corrected chi connectivity index (χ4v) is 2.39. The maximum atomic E-state index is 10.9. The van der Waals surface area contributed by atoms with Crippen LogP contribution in [0.25, 0.3) is 0 Å². The average Bonchev–Trinajstić information content (AvgIpc) is 2.14. The van der Waals surface area contributed by atoms with Gasteiger partial charge in [-0.15, -0.1) is 0 Å². The number of hydrogen-bond donors (Lipinski definition) is 1. The minimum absolute atomic E-state index is 0.298. The molecule has 13 heavy (non-hydrogen) atoms. The summed E-state index contributed by atoms with van der Waals surface area (Å²) in [6.45, 7) is 3.34. The Morgan fingerprint density at radius 3 is 2.62 bits per heavy atom. The highest BCUT2D eigenvalue weighted by Gasteiger charge is 2.47. The normalized spacial score (nSPS) is 35.2. The predicted octanol–water partition coefficient (Wildman–Crippen LogP) is 0.323. The molecule has 74 valence electrons. The van der Waals surface area contributed by atoms with Crippen molar-refractivity contribution in [1.82, 2.24) is 4.90 Å². The Bertz CT molecular complexity index is 205. The molecule has 4 heteroatoms. The van der Waals surface area contributed by atoms with Gasteiger partial charge in [0.05, 0.1) is 13.2 Å². The number of carboxylic acids is 1. The topological polar surface area (TPSA) is 49.8 Å². The van der Waals surface area contributed by atoms with Crippen molar-refractivity contribution in [3.8, 4) is 0 Å². The van der Waals surface area contributed by atoms with Crippen LogP contribution in [0, 0.1) is 0 Å². The van der Waals surface area contributed by atoms with Gasteiger partial charge in [0.15, 0.2) is 0 Å². The Hall–Kier alpha value is -0.610. The molecule has 0 radical (unpaired) electrons. The van der Waals surface area contributed by atoms with Crippen LogP contribution >= 0.6 is 0 Å². The van der Waals surface area contributed by atoms with Crippen molar-refractivity contribution >= 4 is 5.97 Å². The van der Waals surface area contributed by atoms with Gasteiger partial charge in [0.1, 0.15) is 6.04 Å². The molecule has 0 aliphatic carbocycles. The molecular formula is C9H15NO3. The molecule has 0 aromatic heterocycles. The highest BCUT2D eigenvalue weighted by molar-refractivity contribution is 5.73. The molecule has 0 spiro atoms. The molecule has 3 rings (SSSR count). The molecular weight excluding hydrogens is 170 g/mol. The maximum absolute atomic E-state index is 10.9. The first-order valence-corrected chi connectivity index (χ1v) is 4.82. The molecule has 3 fully saturated rings. The second-order valence-corrected chi connectivity index (χ2v) is 3.79. The Kier molecular flexibility index (Phi) is 2.26. The number of morpholine rings is 1. The molecule has 1 N–H and O–H groups in total. The van der Waals surface area contributed by atoms with Crippen LogP contribution in [0.5, 0.6) is 0 Å². The van der Waals surface area contributed by atoms with E-state index in [1.54, 1.807) is 0 Å². The van der Waals surface area contributed by atoms with E-state index >= 15 is 0 Å². The summed E-state index contributed by atoms with van der Waals surface area (Å²) in [5, 5.41) is 8.98. The number of rotatable bonds is 3. The van der Waals surface area contributed by atoms with Crippen LogP contribution in [-0.4, -0.2) is 47.3 Å². The van der Waals surface area contributed by atoms with E-state index in [2.05, 4.69) is 4.90 Å². The Morgan fingerprint density at radius 2 is 2.23 bits per heavy atom. The summed E-state index contributed by atoms with van der Waals surface area (Å²) in [5.74, 6) is -0.695. The zero-order valence-corrected chi connectivity index (χ0v) is 7.77. The van der Waals surface area contributed by atoms with Gasteiger partial charge in [-0.1, -0.05) is 6.92 Å². The summed E-state index contributed by atoms with van der Waals surface area (Å²) in [6.07, 6.45) is 1.80. The zero-order valence-electron chi connectivity index (χ0n) is 7.77. The summed E-state index contributed by atoms with van der Waals surface area (Å²) in [5.41, 5.74) is 0. The van der Waals surface area contributed by atoms with Gasteiger partial charge in [-0.25, -0.2) is 0 Å². The zero-order chi connectivity index (χ0) is 9.42. The van der Waals surface area contributed by atoms with Crippen LogP contribution in [-0.2, 0) is 9.53 Å². The molecule has 3 saturated heterocycles. The smallest absolute Gasteiger partial charge is 0.320 e. The lowest BCUT2D eigenvalue weighted by molar-refractivity contribution is -0.172. The molecule has 4 nitrogen and oxygen atoms in total. The summed E-state index contributed by atoms with van der Waals surface area (Å²) < 4.78 is 5.30.